The first-order valence-electron chi connectivity index (χ1n) is 7.59. The van der Waals surface area contributed by atoms with Crippen LogP contribution in [0.1, 0.15) is 13.8 Å². The van der Waals surface area contributed by atoms with Gasteiger partial charge in [0, 0.05) is 30.9 Å². The van der Waals surface area contributed by atoms with E-state index in [2.05, 4.69) is 16.0 Å². The summed E-state index contributed by atoms with van der Waals surface area (Å²) in [5.41, 5.74) is 6.40. The SMILES string of the molecule is CC(C)[C@H](N)C(=O)NCC(=O)NCCNc1ccc([N+](=O)[O-])cc1.Cl. The molecule has 25 heavy (non-hydrogen) atoms. The van der Waals surface area contributed by atoms with Gasteiger partial charge >= 0.3 is 0 Å². The Labute approximate surface area is 152 Å². The highest BCUT2D eigenvalue weighted by Gasteiger charge is 2.17. The van der Waals surface area contributed by atoms with Gasteiger partial charge in [-0.25, -0.2) is 0 Å². The van der Waals surface area contributed by atoms with E-state index < -0.39 is 11.0 Å². The average molecular weight is 374 g/mol. The summed E-state index contributed by atoms with van der Waals surface area (Å²) in [6.07, 6.45) is 0. The summed E-state index contributed by atoms with van der Waals surface area (Å²) in [6, 6.07) is 5.34. The summed E-state index contributed by atoms with van der Waals surface area (Å²) in [5, 5.41) is 18.7. The number of nitrogens with zero attached hydrogens (tertiary/aromatic N) is 1. The standard InChI is InChI=1S/C15H23N5O4.ClH/c1-10(2)14(16)15(22)19-9-13(21)18-8-7-17-11-3-5-12(6-4-11)20(23)24;/h3-6,10,14,17H,7-9,16H2,1-2H3,(H,18,21)(H,19,22);1H/t14-;/m0./s1. The summed E-state index contributed by atoms with van der Waals surface area (Å²) < 4.78 is 0. The molecule has 0 aliphatic carbocycles. The van der Waals surface area contributed by atoms with Crippen molar-refractivity contribution in [1.82, 2.24) is 10.6 Å². The van der Waals surface area contributed by atoms with Gasteiger partial charge in [-0.05, 0) is 18.1 Å². The van der Waals surface area contributed by atoms with Gasteiger partial charge in [0.05, 0.1) is 17.5 Å². The molecule has 0 aromatic heterocycles. The zero-order valence-electron chi connectivity index (χ0n) is 14.2. The lowest BCUT2D eigenvalue weighted by Gasteiger charge is -2.15. The first-order chi connectivity index (χ1) is 11.3. The second-order valence-electron chi connectivity index (χ2n) is 5.57. The van der Waals surface area contributed by atoms with E-state index in [9.17, 15) is 19.7 Å². The van der Waals surface area contributed by atoms with Gasteiger partial charge < -0.3 is 21.7 Å². The van der Waals surface area contributed by atoms with Crippen LogP contribution in [-0.2, 0) is 9.59 Å². The monoisotopic (exact) mass is 373 g/mol. The number of nitro benzene ring substituents is 1. The number of non-ortho nitro benzene ring substituents is 1. The van der Waals surface area contributed by atoms with E-state index in [-0.39, 0.29) is 42.4 Å². The Kier molecular flexibility index (Phi) is 10.1. The molecule has 5 N–H and O–H groups in total. The fourth-order valence-corrected chi connectivity index (χ4v) is 1.76. The van der Waals surface area contributed by atoms with E-state index in [0.717, 1.165) is 0 Å². The lowest BCUT2D eigenvalue weighted by Crippen LogP contribution is -2.47. The molecular weight excluding hydrogens is 350 g/mol. The molecule has 0 saturated carbocycles. The lowest BCUT2D eigenvalue weighted by molar-refractivity contribution is -0.384. The van der Waals surface area contributed by atoms with Crippen LogP contribution in [0.2, 0.25) is 0 Å². The maximum Gasteiger partial charge on any atom is 0.269 e. The Morgan fingerprint density at radius 1 is 1.16 bits per heavy atom. The number of carbonyl (C=O) groups is 2. The number of carbonyl (C=O) groups excluding carboxylic acids is 2. The van der Waals surface area contributed by atoms with Gasteiger partial charge in [0.15, 0.2) is 0 Å². The fraction of sp³-hybridized carbons (Fsp3) is 0.467. The molecule has 0 saturated heterocycles. The molecule has 1 aromatic rings. The van der Waals surface area contributed by atoms with Gasteiger partial charge in [-0.1, -0.05) is 13.8 Å². The highest BCUT2D eigenvalue weighted by atomic mass is 35.5. The molecule has 0 aliphatic heterocycles. The van der Waals surface area contributed by atoms with Crippen LogP contribution in [0.5, 0.6) is 0 Å². The minimum Gasteiger partial charge on any atom is -0.383 e. The van der Waals surface area contributed by atoms with Gasteiger partial charge in [-0.3, -0.25) is 19.7 Å². The largest absolute Gasteiger partial charge is 0.383 e. The summed E-state index contributed by atoms with van der Waals surface area (Å²) in [4.78, 5) is 33.3. The van der Waals surface area contributed by atoms with Crippen molar-refractivity contribution in [2.75, 3.05) is 25.0 Å². The molecule has 9 nitrogen and oxygen atoms in total. The number of halogens is 1. The third kappa shape index (κ3) is 8.32. The van der Waals surface area contributed by atoms with E-state index >= 15 is 0 Å². The molecule has 1 rings (SSSR count). The maximum absolute atomic E-state index is 11.6. The molecule has 0 heterocycles. The number of nitrogens with two attached hydrogens (primary N) is 1. The zero-order valence-corrected chi connectivity index (χ0v) is 15.0. The number of hydrogen-bond acceptors (Lipinski definition) is 6. The number of nitrogens with one attached hydrogen (secondary N) is 3. The quantitative estimate of drug-likeness (QED) is 0.284. The first-order valence-corrected chi connectivity index (χ1v) is 7.59. The van der Waals surface area contributed by atoms with Crippen LogP contribution >= 0.6 is 12.4 Å². The van der Waals surface area contributed by atoms with Crippen molar-refractivity contribution in [1.29, 1.82) is 0 Å². The van der Waals surface area contributed by atoms with Crippen LogP contribution in [0.15, 0.2) is 24.3 Å². The second-order valence-corrected chi connectivity index (χ2v) is 5.57. The van der Waals surface area contributed by atoms with Gasteiger partial charge in [-0.15, -0.1) is 12.4 Å². The molecule has 10 heteroatoms. The number of anilines is 1. The van der Waals surface area contributed by atoms with Crippen molar-refractivity contribution < 1.29 is 14.5 Å². The molecule has 140 valence electrons. The highest BCUT2D eigenvalue weighted by Crippen LogP contribution is 2.14. The van der Waals surface area contributed by atoms with Crippen LogP contribution in [0, 0.1) is 16.0 Å². The number of amides is 2. The van der Waals surface area contributed by atoms with Gasteiger partial charge in [0.1, 0.15) is 0 Å². The van der Waals surface area contributed by atoms with Crippen molar-refractivity contribution >= 4 is 35.6 Å². The van der Waals surface area contributed by atoms with Crippen LogP contribution in [0.25, 0.3) is 0 Å². The van der Waals surface area contributed by atoms with Crippen molar-refractivity contribution in [2.45, 2.75) is 19.9 Å². The Morgan fingerprint density at radius 3 is 2.28 bits per heavy atom. The van der Waals surface area contributed by atoms with E-state index in [4.69, 9.17) is 5.73 Å². The molecule has 2 amide bonds. The van der Waals surface area contributed by atoms with Crippen molar-refractivity contribution in [3.8, 4) is 0 Å². The number of nitro groups is 1. The molecule has 1 aromatic carbocycles. The van der Waals surface area contributed by atoms with Crippen LogP contribution in [0.4, 0.5) is 11.4 Å². The minimum absolute atomic E-state index is 0. The Balaban J connectivity index is 0.00000576. The summed E-state index contributed by atoms with van der Waals surface area (Å²) in [7, 11) is 0. The zero-order chi connectivity index (χ0) is 18.1. The van der Waals surface area contributed by atoms with Gasteiger partial charge in [0.25, 0.3) is 5.69 Å². The number of rotatable bonds is 9. The molecule has 0 bridgehead atoms. The minimum atomic E-state index is -0.637. The molecule has 0 unspecified atom stereocenters. The average Bonchev–Trinajstić information content (AvgIpc) is 2.56. The van der Waals surface area contributed by atoms with E-state index in [1.54, 1.807) is 12.1 Å². The van der Waals surface area contributed by atoms with Crippen molar-refractivity contribution in [3.63, 3.8) is 0 Å². The van der Waals surface area contributed by atoms with E-state index in [1.807, 2.05) is 13.8 Å². The number of hydrogen-bond donors (Lipinski definition) is 4. The van der Waals surface area contributed by atoms with Crippen LogP contribution < -0.4 is 21.7 Å². The maximum atomic E-state index is 11.6. The molecule has 1 atom stereocenters. The highest BCUT2D eigenvalue weighted by molar-refractivity contribution is 5.87. The Bertz CT molecular complexity index is 580. The summed E-state index contributed by atoms with van der Waals surface area (Å²) in [5.74, 6) is -0.673. The molecular formula is C15H24ClN5O4. The third-order valence-corrected chi connectivity index (χ3v) is 3.30. The second kappa shape index (κ2) is 11.2. The van der Waals surface area contributed by atoms with Gasteiger partial charge in [0.2, 0.25) is 11.8 Å². The van der Waals surface area contributed by atoms with Crippen molar-refractivity contribution in [2.24, 2.45) is 11.7 Å². The summed E-state index contributed by atoms with van der Waals surface area (Å²) in [6.45, 7) is 4.32. The Morgan fingerprint density at radius 2 is 1.76 bits per heavy atom. The van der Waals surface area contributed by atoms with E-state index in [0.29, 0.717) is 18.8 Å². The molecule has 0 spiro atoms. The number of benzene rings is 1. The lowest BCUT2D eigenvalue weighted by atomic mass is 10.1. The third-order valence-electron chi connectivity index (χ3n) is 3.30. The predicted octanol–water partition coefficient (Wildman–Crippen LogP) is 0.644. The molecule has 0 radical (unpaired) electrons. The topological polar surface area (TPSA) is 139 Å². The van der Waals surface area contributed by atoms with Crippen LogP contribution in [0.3, 0.4) is 0 Å². The Hall–Kier alpha value is -2.39. The van der Waals surface area contributed by atoms with Crippen molar-refractivity contribution in [3.05, 3.63) is 34.4 Å². The fourth-order valence-electron chi connectivity index (χ4n) is 1.76. The first kappa shape index (κ1) is 22.6. The molecule has 0 aliphatic rings. The van der Waals surface area contributed by atoms with Gasteiger partial charge in [-0.2, -0.15) is 0 Å². The summed E-state index contributed by atoms with van der Waals surface area (Å²) >= 11 is 0. The van der Waals surface area contributed by atoms with E-state index in [1.165, 1.54) is 12.1 Å². The normalized spacial score (nSPS) is 11.2. The predicted molar refractivity (Wildman–Crippen MR) is 97.7 cm³/mol. The van der Waals surface area contributed by atoms with Crippen LogP contribution in [-0.4, -0.2) is 42.4 Å². The smallest absolute Gasteiger partial charge is 0.269 e. The molecule has 0 fully saturated rings.